The zero-order valence-corrected chi connectivity index (χ0v) is 31.0. The normalized spacial score (nSPS) is 34.9. The van der Waals surface area contributed by atoms with Crippen LogP contribution in [0.1, 0.15) is 90.5 Å². The van der Waals surface area contributed by atoms with Crippen molar-refractivity contribution in [3.05, 3.63) is 90.5 Å². The van der Waals surface area contributed by atoms with Crippen LogP contribution in [0.3, 0.4) is 0 Å². The van der Waals surface area contributed by atoms with E-state index in [0.29, 0.717) is 43.4 Å². The van der Waals surface area contributed by atoms with E-state index in [1.807, 2.05) is 30.3 Å². The number of amides is 1. The molecule has 0 unspecified atom stereocenters. The lowest BCUT2D eigenvalue weighted by molar-refractivity contribution is -0.181. The van der Waals surface area contributed by atoms with Crippen LogP contribution in [-0.4, -0.2) is 36.2 Å². The molecule has 4 fully saturated rings. The maximum absolute atomic E-state index is 12.8. The van der Waals surface area contributed by atoms with Crippen LogP contribution in [0, 0.1) is 58.2 Å². The number of sulfonamides is 1. The van der Waals surface area contributed by atoms with E-state index in [1.54, 1.807) is 18.2 Å². The van der Waals surface area contributed by atoms with E-state index in [4.69, 9.17) is 0 Å². The van der Waals surface area contributed by atoms with Gasteiger partial charge in [-0.3, -0.25) is 4.79 Å². The number of fused-ring (bicyclic) bond motifs is 5. The fraction of sp³-hybridized carbons (Fsp3) is 0.523. The van der Waals surface area contributed by atoms with Crippen LogP contribution >= 0.6 is 0 Å². The molecule has 7 heteroatoms. The molecule has 0 radical (unpaired) electrons. The van der Waals surface area contributed by atoms with Gasteiger partial charge in [-0.25, -0.2) is 13.1 Å². The van der Waals surface area contributed by atoms with Gasteiger partial charge < -0.3 is 10.2 Å². The first-order chi connectivity index (χ1) is 24.3. The molecule has 4 saturated carbocycles. The summed E-state index contributed by atoms with van der Waals surface area (Å²) in [5, 5.41) is 23.7. The number of hydrogen-bond donors (Lipinski definition) is 3. The second-order valence-corrected chi connectivity index (χ2v) is 18.5. The number of rotatable bonds is 7. The summed E-state index contributed by atoms with van der Waals surface area (Å²) in [6.07, 6.45) is 7.59. The number of benzene rings is 3. The quantitative estimate of drug-likeness (QED) is 0.216. The monoisotopic (exact) mass is 707 g/mol. The van der Waals surface area contributed by atoms with Crippen molar-refractivity contribution in [1.82, 2.24) is 4.72 Å². The third-order valence-electron chi connectivity index (χ3n) is 14.1. The Hall–Kier alpha value is -3.44. The molecule has 3 N–H and O–H groups in total. The summed E-state index contributed by atoms with van der Waals surface area (Å²) < 4.78 is 27.6. The van der Waals surface area contributed by atoms with E-state index in [9.17, 15) is 23.4 Å². The van der Waals surface area contributed by atoms with E-state index >= 15 is 0 Å². The van der Waals surface area contributed by atoms with E-state index in [0.717, 1.165) is 43.2 Å². The third-order valence-corrected chi connectivity index (χ3v) is 15.5. The number of carbonyl (C=O) groups is 1. The van der Waals surface area contributed by atoms with Crippen molar-refractivity contribution in [2.24, 2.45) is 46.3 Å². The third kappa shape index (κ3) is 6.92. The van der Waals surface area contributed by atoms with E-state index in [2.05, 4.69) is 61.6 Å². The molecule has 3 aromatic rings. The minimum atomic E-state index is -3.88. The van der Waals surface area contributed by atoms with Gasteiger partial charge in [-0.15, -0.1) is 0 Å². The Labute approximate surface area is 304 Å². The molecule has 4 aliphatic carbocycles. The van der Waals surface area contributed by atoms with Gasteiger partial charge in [-0.05, 0) is 140 Å². The summed E-state index contributed by atoms with van der Waals surface area (Å²) in [6.45, 7) is 7.07. The molecule has 51 heavy (non-hydrogen) atoms. The van der Waals surface area contributed by atoms with Crippen molar-refractivity contribution in [2.75, 3.05) is 0 Å². The Balaban J connectivity index is 0.986. The van der Waals surface area contributed by atoms with E-state index < -0.39 is 27.6 Å². The standard InChI is InChI=1S/C44H53NO5S/c1-30(14-21-40(47)45-51(49,50)35-12-8-5-9-13-35)36-19-20-37-41-38(23-24-43(36,37)3)42(2)26-27-44(48,29-34(42)28-39(41)46)25-22-31-15-17-33(18-16-31)32-10-6-4-7-11-32/h4-13,15-18,30,34,36-39,41,46,48H,14,19-21,23-24,26-29H2,1-3H3,(H,45,47)/t30-,34-,36-,37+,38+,39-,41+,42+,43-,44-/m1/s1. The topological polar surface area (TPSA) is 104 Å². The Kier molecular flexibility index (Phi) is 9.75. The van der Waals surface area contributed by atoms with Gasteiger partial charge in [0.1, 0.15) is 5.60 Å². The predicted molar refractivity (Wildman–Crippen MR) is 200 cm³/mol. The van der Waals surface area contributed by atoms with Crippen molar-refractivity contribution in [3.8, 4) is 23.0 Å². The highest BCUT2D eigenvalue weighted by molar-refractivity contribution is 7.90. The maximum Gasteiger partial charge on any atom is 0.264 e. The number of hydrogen-bond acceptors (Lipinski definition) is 5. The number of aliphatic hydroxyl groups is 2. The highest BCUT2D eigenvalue weighted by Gasteiger charge is 2.63. The Morgan fingerprint density at radius 2 is 1.51 bits per heavy atom. The molecule has 0 aliphatic heterocycles. The highest BCUT2D eigenvalue weighted by atomic mass is 32.2. The van der Waals surface area contributed by atoms with E-state index in [-0.39, 0.29) is 39.9 Å². The zero-order chi connectivity index (χ0) is 36.0. The van der Waals surface area contributed by atoms with Crippen LogP contribution in [0.2, 0.25) is 0 Å². The van der Waals surface area contributed by atoms with Crippen LogP contribution in [0.5, 0.6) is 0 Å². The molecule has 0 heterocycles. The fourth-order valence-electron chi connectivity index (χ4n) is 11.3. The lowest BCUT2D eigenvalue weighted by Gasteiger charge is -2.63. The predicted octanol–water partition coefficient (Wildman–Crippen LogP) is 7.99. The summed E-state index contributed by atoms with van der Waals surface area (Å²) in [4.78, 5) is 12.9. The van der Waals surface area contributed by atoms with Crippen LogP contribution in [0.4, 0.5) is 0 Å². The van der Waals surface area contributed by atoms with Crippen molar-refractivity contribution in [3.63, 3.8) is 0 Å². The fourth-order valence-corrected chi connectivity index (χ4v) is 12.3. The molecule has 1 amide bonds. The molecule has 7 rings (SSSR count). The molecule has 0 bridgehead atoms. The van der Waals surface area contributed by atoms with Gasteiger partial charge in [0, 0.05) is 12.0 Å². The molecular weight excluding hydrogens is 655 g/mol. The van der Waals surface area contributed by atoms with Gasteiger partial charge in [0.25, 0.3) is 10.0 Å². The molecule has 6 nitrogen and oxygen atoms in total. The number of aliphatic hydroxyl groups excluding tert-OH is 1. The molecule has 0 saturated heterocycles. The van der Waals surface area contributed by atoms with Gasteiger partial charge in [-0.1, -0.05) is 93.3 Å². The van der Waals surface area contributed by atoms with Gasteiger partial charge >= 0.3 is 0 Å². The molecule has 270 valence electrons. The Morgan fingerprint density at radius 1 is 0.863 bits per heavy atom. The molecule has 4 aliphatic rings. The second-order valence-electron chi connectivity index (χ2n) is 16.8. The van der Waals surface area contributed by atoms with Crippen LogP contribution < -0.4 is 4.72 Å². The van der Waals surface area contributed by atoms with Gasteiger partial charge in [0.15, 0.2) is 0 Å². The Bertz CT molecular complexity index is 1890. The lowest BCUT2D eigenvalue weighted by Crippen LogP contribution is -2.60. The molecule has 3 aromatic carbocycles. The maximum atomic E-state index is 12.8. The highest BCUT2D eigenvalue weighted by Crippen LogP contribution is 2.69. The molecular formula is C44H53NO5S. The largest absolute Gasteiger partial charge is 0.393 e. The summed E-state index contributed by atoms with van der Waals surface area (Å²) in [5.41, 5.74) is 2.29. The summed E-state index contributed by atoms with van der Waals surface area (Å²) >= 11 is 0. The first-order valence-electron chi connectivity index (χ1n) is 19.0. The SMILES string of the molecule is C[C@H](CCC(=O)NS(=O)(=O)c1ccccc1)[C@H]1CC[C@H]2[C@@H]3[C@H](O)C[C@@H]4C[C@@](O)(C#Cc5ccc(-c6ccccc6)cc5)CC[C@]4(C)[C@H]3CC[C@]12C. The number of carbonyl (C=O) groups excluding carboxylic acids is 1. The van der Waals surface area contributed by atoms with Crippen molar-refractivity contribution < 1.29 is 23.4 Å². The van der Waals surface area contributed by atoms with Crippen molar-refractivity contribution >= 4 is 15.9 Å². The lowest BCUT2D eigenvalue weighted by atomic mass is 9.43. The molecule has 0 aromatic heterocycles. The van der Waals surface area contributed by atoms with Crippen LogP contribution in [0.25, 0.3) is 11.1 Å². The number of nitrogens with one attached hydrogen (secondary N) is 1. The zero-order valence-electron chi connectivity index (χ0n) is 30.2. The summed E-state index contributed by atoms with van der Waals surface area (Å²) in [6, 6.07) is 26.5. The second kappa shape index (κ2) is 13.8. The van der Waals surface area contributed by atoms with E-state index in [1.165, 1.54) is 17.7 Å². The summed E-state index contributed by atoms with van der Waals surface area (Å²) in [5.74, 6) is 8.07. The molecule has 0 spiro atoms. The van der Waals surface area contributed by atoms with Gasteiger partial charge in [-0.2, -0.15) is 0 Å². The van der Waals surface area contributed by atoms with Gasteiger partial charge in [0.2, 0.25) is 5.91 Å². The van der Waals surface area contributed by atoms with Gasteiger partial charge in [0.05, 0.1) is 11.0 Å². The average molecular weight is 708 g/mol. The average Bonchev–Trinajstić information content (AvgIpc) is 3.48. The first kappa shape index (κ1) is 35.9. The first-order valence-corrected chi connectivity index (χ1v) is 20.5. The Morgan fingerprint density at radius 3 is 2.22 bits per heavy atom. The van der Waals surface area contributed by atoms with Crippen LogP contribution in [0.15, 0.2) is 89.8 Å². The van der Waals surface area contributed by atoms with Crippen LogP contribution in [-0.2, 0) is 14.8 Å². The summed E-state index contributed by atoms with van der Waals surface area (Å²) in [7, 11) is -3.88. The van der Waals surface area contributed by atoms with Crippen molar-refractivity contribution in [2.45, 2.75) is 102 Å². The minimum Gasteiger partial charge on any atom is -0.393 e. The smallest absolute Gasteiger partial charge is 0.264 e. The minimum absolute atomic E-state index is 0.0580. The van der Waals surface area contributed by atoms with Crippen molar-refractivity contribution in [1.29, 1.82) is 0 Å². The molecule has 10 atom stereocenters.